The van der Waals surface area contributed by atoms with Crippen molar-refractivity contribution in [2.75, 3.05) is 0 Å². The molecule has 114 valence electrons. The Hall–Kier alpha value is -0.0725. The third kappa shape index (κ3) is 4.46. The zero-order chi connectivity index (χ0) is 15.4. The minimum Gasteiger partial charge on any atom is -0.413 e. The Kier molecular flexibility index (Phi) is 6.11. The molecule has 0 spiro atoms. The normalized spacial score (nSPS) is 42.3. The van der Waals surface area contributed by atoms with Gasteiger partial charge in [-0.25, -0.2) is 0 Å². The van der Waals surface area contributed by atoms with Crippen LogP contribution in [0.3, 0.4) is 0 Å². The van der Waals surface area contributed by atoms with Crippen LogP contribution in [0.25, 0.3) is 0 Å². The van der Waals surface area contributed by atoms with Crippen molar-refractivity contribution in [3.63, 3.8) is 0 Å². The van der Waals surface area contributed by atoms with Crippen molar-refractivity contribution in [3.8, 4) is 0 Å². The van der Waals surface area contributed by atoms with Crippen LogP contribution in [0, 0.1) is 0 Å². The van der Waals surface area contributed by atoms with Gasteiger partial charge in [-0.15, -0.1) is 19.7 Å². The third-order valence-corrected chi connectivity index (χ3v) is 18.8. The fourth-order valence-electron chi connectivity index (χ4n) is 2.24. The molecule has 1 aliphatic rings. The Morgan fingerprint density at radius 1 is 0.950 bits per heavy atom. The van der Waals surface area contributed by atoms with Crippen LogP contribution in [0.4, 0.5) is 0 Å². The van der Waals surface area contributed by atoms with E-state index in [0.717, 1.165) is 12.5 Å². The van der Waals surface area contributed by atoms with E-state index in [9.17, 15) is 0 Å². The predicted molar refractivity (Wildman–Crippen MR) is 92.0 cm³/mol. The molecule has 4 nitrogen and oxygen atoms in total. The molecule has 0 aromatic carbocycles. The summed E-state index contributed by atoms with van der Waals surface area (Å²) in [5.74, 6) is 0. The van der Waals surface area contributed by atoms with Crippen LogP contribution < -0.4 is 0 Å². The second-order valence-electron chi connectivity index (χ2n) is 5.37. The monoisotopic (exact) mass is 346 g/mol. The standard InChI is InChI=1S/C12H26O4Si4/c1-8-12-20(7)15-18(5,10-3)13-17(9-2)14-19(6,11-4)16-20/h9-11,17H,2-4,8,12H2,1,5-7H3. The average Bonchev–Trinajstić information content (AvgIpc) is 2.36. The van der Waals surface area contributed by atoms with Crippen LogP contribution in [0.2, 0.25) is 25.7 Å². The Morgan fingerprint density at radius 2 is 1.40 bits per heavy atom. The number of rotatable bonds is 5. The molecule has 1 fully saturated rings. The number of hydrogen-bond donors (Lipinski definition) is 0. The van der Waals surface area contributed by atoms with Gasteiger partial charge in [-0.2, -0.15) is 0 Å². The molecule has 0 aliphatic carbocycles. The van der Waals surface area contributed by atoms with Crippen LogP contribution >= 0.6 is 0 Å². The topological polar surface area (TPSA) is 36.9 Å². The summed E-state index contributed by atoms with van der Waals surface area (Å²) >= 11 is 0. The summed E-state index contributed by atoms with van der Waals surface area (Å²) in [5.41, 5.74) is 5.38. The molecule has 2 atom stereocenters. The zero-order valence-corrected chi connectivity index (χ0v) is 17.1. The van der Waals surface area contributed by atoms with E-state index >= 15 is 0 Å². The fraction of sp³-hybridized carbons (Fsp3) is 0.500. The van der Waals surface area contributed by atoms with Gasteiger partial charge in [0, 0.05) is 0 Å². The van der Waals surface area contributed by atoms with E-state index in [1.807, 2.05) is 24.5 Å². The minimum atomic E-state index is -2.47. The molecular formula is C12H26O4Si4. The molecule has 1 aliphatic heterocycles. The molecule has 1 rings (SSSR count). The van der Waals surface area contributed by atoms with Gasteiger partial charge in [-0.05, 0) is 25.7 Å². The maximum atomic E-state index is 6.39. The van der Waals surface area contributed by atoms with Crippen LogP contribution in [-0.2, 0) is 16.5 Å². The first-order valence-electron chi connectivity index (χ1n) is 6.89. The summed E-state index contributed by atoms with van der Waals surface area (Å²) in [6, 6.07) is 0.910. The molecule has 2 unspecified atom stereocenters. The van der Waals surface area contributed by atoms with Crippen molar-refractivity contribution in [1.82, 2.24) is 0 Å². The summed E-state index contributed by atoms with van der Waals surface area (Å²) in [6.07, 6.45) is 1.01. The van der Waals surface area contributed by atoms with Gasteiger partial charge in [0.1, 0.15) is 0 Å². The van der Waals surface area contributed by atoms with E-state index in [1.54, 1.807) is 5.70 Å². The quantitative estimate of drug-likeness (QED) is 0.717. The van der Waals surface area contributed by atoms with Gasteiger partial charge in [0.2, 0.25) is 0 Å². The molecule has 1 heterocycles. The van der Waals surface area contributed by atoms with Crippen LogP contribution in [0.5, 0.6) is 0 Å². The lowest BCUT2D eigenvalue weighted by Gasteiger charge is -2.44. The molecule has 0 N–H and O–H groups in total. The van der Waals surface area contributed by atoms with E-state index in [4.69, 9.17) is 16.5 Å². The molecule has 0 bridgehead atoms. The van der Waals surface area contributed by atoms with Crippen molar-refractivity contribution >= 4 is 35.0 Å². The summed E-state index contributed by atoms with van der Waals surface area (Å²) in [6.45, 7) is 19.8. The van der Waals surface area contributed by atoms with E-state index in [0.29, 0.717) is 0 Å². The first kappa shape index (κ1) is 18.0. The second-order valence-corrected chi connectivity index (χ2v) is 17.7. The highest BCUT2D eigenvalue weighted by molar-refractivity contribution is 6.93. The molecule has 1 saturated heterocycles. The molecular weight excluding hydrogens is 320 g/mol. The van der Waals surface area contributed by atoms with Gasteiger partial charge in [0.15, 0.2) is 0 Å². The first-order chi connectivity index (χ1) is 9.24. The Morgan fingerprint density at radius 3 is 1.70 bits per heavy atom. The molecule has 0 amide bonds. The second kappa shape index (κ2) is 6.79. The van der Waals surface area contributed by atoms with Crippen molar-refractivity contribution in [2.24, 2.45) is 0 Å². The Labute approximate surface area is 127 Å². The smallest absolute Gasteiger partial charge is 0.343 e. The zero-order valence-electron chi connectivity index (χ0n) is 13.0. The highest BCUT2D eigenvalue weighted by Crippen LogP contribution is 2.30. The highest BCUT2D eigenvalue weighted by Gasteiger charge is 2.50. The van der Waals surface area contributed by atoms with E-state index in [1.165, 1.54) is 0 Å². The summed E-state index contributed by atoms with van der Waals surface area (Å²) < 4.78 is 25.1. The fourth-order valence-corrected chi connectivity index (χ4v) is 19.1. The van der Waals surface area contributed by atoms with E-state index < -0.39 is 35.0 Å². The summed E-state index contributed by atoms with van der Waals surface area (Å²) in [5, 5.41) is 0. The first-order valence-corrected chi connectivity index (χ1v) is 15.8. The minimum absolute atomic E-state index is 0.910. The molecule has 20 heavy (non-hydrogen) atoms. The van der Waals surface area contributed by atoms with E-state index in [2.05, 4.69) is 33.2 Å². The molecule has 0 radical (unpaired) electrons. The van der Waals surface area contributed by atoms with Crippen LogP contribution in [0.15, 0.2) is 36.8 Å². The lowest BCUT2D eigenvalue weighted by molar-refractivity contribution is 0.255. The lowest BCUT2D eigenvalue weighted by Crippen LogP contribution is -2.62. The summed E-state index contributed by atoms with van der Waals surface area (Å²) in [4.78, 5) is 0. The van der Waals surface area contributed by atoms with Gasteiger partial charge in [0.05, 0.1) is 0 Å². The Balaban J connectivity index is 3.15. The molecule has 0 aromatic rings. The lowest BCUT2D eigenvalue weighted by atomic mass is 10.6. The molecule has 0 saturated carbocycles. The van der Waals surface area contributed by atoms with Crippen molar-refractivity contribution in [2.45, 2.75) is 39.0 Å². The Bertz CT molecular complexity index is 366. The van der Waals surface area contributed by atoms with Crippen molar-refractivity contribution < 1.29 is 16.5 Å². The largest absolute Gasteiger partial charge is 0.413 e. The van der Waals surface area contributed by atoms with Gasteiger partial charge < -0.3 is 16.5 Å². The van der Waals surface area contributed by atoms with Crippen molar-refractivity contribution in [1.29, 1.82) is 0 Å². The number of hydrogen-bond acceptors (Lipinski definition) is 4. The van der Waals surface area contributed by atoms with Gasteiger partial charge >= 0.3 is 35.0 Å². The molecule has 0 aromatic heterocycles. The van der Waals surface area contributed by atoms with Gasteiger partial charge in [0.25, 0.3) is 0 Å². The van der Waals surface area contributed by atoms with Gasteiger partial charge in [-0.1, -0.05) is 30.4 Å². The van der Waals surface area contributed by atoms with Crippen molar-refractivity contribution in [3.05, 3.63) is 36.8 Å². The van der Waals surface area contributed by atoms with E-state index in [-0.39, 0.29) is 0 Å². The van der Waals surface area contributed by atoms with Gasteiger partial charge in [-0.3, -0.25) is 0 Å². The highest BCUT2D eigenvalue weighted by atomic mass is 28.5. The maximum absolute atomic E-state index is 6.39. The third-order valence-electron chi connectivity index (χ3n) is 3.18. The molecule has 8 heteroatoms. The van der Waals surface area contributed by atoms with Crippen LogP contribution in [0.1, 0.15) is 13.3 Å². The average molecular weight is 347 g/mol. The predicted octanol–water partition coefficient (Wildman–Crippen LogP) is 3.09. The van der Waals surface area contributed by atoms with Crippen LogP contribution in [-0.4, -0.2) is 35.0 Å². The SMILES string of the molecule is C=C[SiH]1O[Si](C)(C=C)O[Si](C)(CCC)O[Si](C)(C=C)O1. The maximum Gasteiger partial charge on any atom is 0.343 e. The summed E-state index contributed by atoms with van der Waals surface area (Å²) in [7, 11) is -9.32.